The Morgan fingerprint density at radius 2 is 1.62 bits per heavy atom. The van der Waals surface area contributed by atoms with Gasteiger partial charge in [0, 0.05) is 6.07 Å². The van der Waals surface area contributed by atoms with E-state index in [1.54, 1.807) is 36.4 Å². The topological polar surface area (TPSA) is 87.0 Å². The highest BCUT2D eigenvalue weighted by atomic mass is 19.4. The van der Waals surface area contributed by atoms with E-state index >= 15 is 0 Å². The molecule has 0 bridgehead atoms. The number of alkyl halides is 3. The van der Waals surface area contributed by atoms with E-state index in [0.717, 1.165) is 11.6 Å². The molecule has 0 aliphatic carbocycles. The quantitative estimate of drug-likeness (QED) is 0.273. The summed E-state index contributed by atoms with van der Waals surface area (Å²) in [5.41, 5.74) is -0.171. The summed E-state index contributed by atoms with van der Waals surface area (Å²) in [6.45, 7) is 5.53. The molecule has 0 aliphatic heterocycles. The molecule has 1 amide bonds. The molecule has 4 rings (SSSR count). The highest BCUT2D eigenvalue weighted by Crippen LogP contribution is 2.39. The van der Waals surface area contributed by atoms with Crippen LogP contribution in [-0.2, 0) is 16.4 Å². The van der Waals surface area contributed by atoms with Gasteiger partial charge in [-0.25, -0.2) is 0 Å². The zero-order chi connectivity index (χ0) is 28.4. The fourth-order valence-corrected chi connectivity index (χ4v) is 3.75. The van der Waals surface area contributed by atoms with Crippen molar-refractivity contribution in [1.82, 2.24) is 0 Å². The van der Waals surface area contributed by atoms with Gasteiger partial charge < -0.3 is 23.9 Å². The van der Waals surface area contributed by atoms with E-state index in [-0.39, 0.29) is 27.9 Å². The molecule has 0 fully saturated rings. The molecular weight excluding hydrogens is 515 g/mol. The third-order valence-corrected chi connectivity index (χ3v) is 5.77. The van der Waals surface area contributed by atoms with E-state index in [0.29, 0.717) is 11.4 Å². The number of carbonyl (C=O) groups excluding carboxylic acids is 1. The molecule has 0 unspecified atom stereocenters. The number of para-hydroxylation sites is 2. The van der Waals surface area contributed by atoms with Crippen molar-refractivity contribution >= 4 is 22.6 Å². The van der Waals surface area contributed by atoms with Crippen molar-refractivity contribution in [3.63, 3.8) is 0 Å². The smallest absolute Gasteiger partial charge is 0.453 e. The van der Waals surface area contributed by atoms with Crippen LogP contribution in [0.1, 0.15) is 32.1 Å². The van der Waals surface area contributed by atoms with Crippen molar-refractivity contribution in [3.8, 4) is 23.0 Å². The van der Waals surface area contributed by atoms with Gasteiger partial charge in [0.05, 0.1) is 18.2 Å². The van der Waals surface area contributed by atoms with Gasteiger partial charge in [0.1, 0.15) is 22.8 Å². The number of halogens is 3. The number of ether oxygens (including phenoxy) is 3. The van der Waals surface area contributed by atoms with Crippen molar-refractivity contribution in [2.45, 2.75) is 32.4 Å². The maximum Gasteiger partial charge on any atom is 0.453 e. The first kappa shape index (κ1) is 27.6. The number of fused-ring (bicyclic) bond motifs is 1. The zero-order valence-corrected chi connectivity index (χ0v) is 21.6. The molecule has 0 atom stereocenters. The Bertz CT molecular complexity index is 1550. The third-order valence-electron chi connectivity index (χ3n) is 5.77. The summed E-state index contributed by atoms with van der Waals surface area (Å²) in [7, 11) is 1.46. The number of methoxy groups -OCH3 is 1. The van der Waals surface area contributed by atoms with Crippen molar-refractivity contribution < 1.29 is 36.6 Å². The summed E-state index contributed by atoms with van der Waals surface area (Å²) < 4.78 is 62.8. The van der Waals surface area contributed by atoms with Gasteiger partial charge in [-0.1, -0.05) is 45.0 Å². The summed E-state index contributed by atoms with van der Waals surface area (Å²) in [6.07, 6.45) is -5.01. The van der Waals surface area contributed by atoms with Crippen molar-refractivity contribution in [1.29, 1.82) is 0 Å². The van der Waals surface area contributed by atoms with E-state index in [2.05, 4.69) is 5.32 Å². The van der Waals surface area contributed by atoms with Crippen LogP contribution < -0.4 is 25.0 Å². The van der Waals surface area contributed by atoms with Crippen LogP contribution in [0, 0.1) is 0 Å². The minimum atomic E-state index is -5.01. The highest BCUT2D eigenvalue weighted by Gasteiger charge is 2.40. The maximum atomic E-state index is 13.9. The van der Waals surface area contributed by atoms with Gasteiger partial charge in [0.2, 0.25) is 11.2 Å². The number of nitrogens with one attached hydrogen (secondary N) is 1. The first-order chi connectivity index (χ1) is 18.4. The molecule has 0 saturated carbocycles. The molecule has 0 radical (unpaired) electrons. The number of carbonyl (C=O) groups is 1. The van der Waals surface area contributed by atoms with E-state index < -0.39 is 35.6 Å². The van der Waals surface area contributed by atoms with Crippen LogP contribution in [0.4, 0.5) is 18.9 Å². The average molecular weight is 542 g/mol. The second kappa shape index (κ2) is 10.7. The summed E-state index contributed by atoms with van der Waals surface area (Å²) in [6, 6.07) is 16.9. The van der Waals surface area contributed by atoms with E-state index in [1.807, 2.05) is 20.8 Å². The molecule has 1 heterocycles. The van der Waals surface area contributed by atoms with Crippen LogP contribution in [0.15, 0.2) is 75.9 Å². The second-order valence-corrected chi connectivity index (χ2v) is 9.66. The zero-order valence-electron chi connectivity index (χ0n) is 21.6. The van der Waals surface area contributed by atoms with Crippen molar-refractivity contribution in [2.24, 2.45) is 0 Å². The van der Waals surface area contributed by atoms with Crippen molar-refractivity contribution in [2.75, 3.05) is 19.0 Å². The standard InChI is InChI=1S/C29H26F3NO6/c1-28(2,3)17-9-11-18(12-10-17)38-26-25(35)20-14-13-19(15-23(20)39-27(26)29(30,31)32)37-16-24(34)33-21-7-5-6-8-22(21)36-4/h5-15H,16H2,1-4H3,(H,33,34). The monoisotopic (exact) mass is 541 g/mol. The molecule has 4 aromatic rings. The molecule has 1 aromatic heterocycles. The number of hydrogen-bond donors (Lipinski definition) is 1. The van der Waals surface area contributed by atoms with E-state index in [1.165, 1.54) is 31.4 Å². The lowest BCUT2D eigenvalue weighted by atomic mass is 9.87. The Balaban J connectivity index is 1.59. The number of benzene rings is 3. The SMILES string of the molecule is COc1ccccc1NC(=O)COc1ccc2c(=O)c(Oc3ccc(C(C)(C)C)cc3)c(C(F)(F)F)oc2c1. The summed E-state index contributed by atoms with van der Waals surface area (Å²) >= 11 is 0. The lowest BCUT2D eigenvalue weighted by Gasteiger charge is -2.19. The molecule has 39 heavy (non-hydrogen) atoms. The van der Waals surface area contributed by atoms with Gasteiger partial charge in [-0.15, -0.1) is 0 Å². The first-order valence-electron chi connectivity index (χ1n) is 11.9. The predicted molar refractivity (Wildman–Crippen MR) is 140 cm³/mol. The van der Waals surface area contributed by atoms with Crippen LogP contribution >= 0.6 is 0 Å². The minimum Gasteiger partial charge on any atom is -0.495 e. The molecule has 0 spiro atoms. The Morgan fingerprint density at radius 3 is 2.26 bits per heavy atom. The second-order valence-electron chi connectivity index (χ2n) is 9.66. The lowest BCUT2D eigenvalue weighted by Crippen LogP contribution is -2.20. The molecule has 204 valence electrons. The minimum absolute atomic E-state index is 0.0281. The molecule has 7 nitrogen and oxygen atoms in total. The summed E-state index contributed by atoms with van der Waals surface area (Å²) in [5, 5.41) is 2.48. The molecule has 3 aromatic carbocycles. The summed E-state index contributed by atoms with van der Waals surface area (Å²) in [5.74, 6) is -2.55. The van der Waals surface area contributed by atoms with Crippen LogP contribution in [0.2, 0.25) is 0 Å². The van der Waals surface area contributed by atoms with Gasteiger partial charge in [0.25, 0.3) is 11.7 Å². The Morgan fingerprint density at radius 1 is 0.949 bits per heavy atom. The van der Waals surface area contributed by atoms with Crippen LogP contribution in [0.25, 0.3) is 11.0 Å². The molecule has 10 heteroatoms. The Hall–Kier alpha value is -4.47. The summed E-state index contributed by atoms with van der Waals surface area (Å²) in [4.78, 5) is 25.4. The third kappa shape index (κ3) is 6.34. The normalized spacial score (nSPS) is 11.8. The number of hydrogen-bond acceptors (Lipinski definition) is 6. The highest BCUT2D eigenvalue weighted by molar-refractivity contribution is 5.93. The molecule has 0 aliphatic rings. The van der Waals surface area contributed by atoms with Gasteiger partial charge in [-0.05, 0) is 47.4 Å². The number of anilines is 1. The fourth-order valence-electron chi connectivity index (χ4n) is 3.75. The number of amides is 1. The van der Waals surface area contributed by atoms with E-state index in [4.69, 9.17) is 18.6 Å². The molecule has 0 saturated heterocycles. The first-order valence-corrected chi connectivity index (χ1v) is 11.9. The fraction of sp³-hybridized carbons (Fsp3) is 0.241. The van der Waals surface area contributed by atoms with Gasteiger partial charge >= 0.3 is 6.18 Å². The van der Waals surface area contributed by atoms with Crippen LogP contribution in [0.3, 0.4) is 0 Å². The van der Waals surface area contributed by atoms with Crippen molar-refractivity contribution in [3.05, 3.63) is 88.3 Å². The molecule has 1 N–H and O–H groups in total. The van der Waals surface area contributed by atoms with Gasteiger partial charge in [-0.3, -0.25) is 9.59 Å². The van der Waals surface area contributed by atoms with Crippen LogP contribution in [-0.4, -0.2) is 19.6 Å². The lowest BCUT2D eigenvalue weighted by molar-refractivity contribution is -0.154. The van der Waals surface area contributed by atoms with Gasteiger partial charge in [-0.2, -0.15) is 13.2 Å². The van der Waals surface area contributed by atoms with E-state index in [9.17, 15) is 22.8 Å². The largest absolute Gasteiger partial charge is 0.495 e. The predicted octanol–water partition coefficient (Wildman–Crippen LogP) is 6.93. The maximum absolute atomic E-state index is 13.9. The van der Waals surface area contributed by atoms with Gasteiger partial charge in [0.15, 0.2) is 6.61 Å². The molecular formula is C29H26F3NO6. The van der Waals surface area contributed by atoms with Crippen LogP contribution in [0.5, 0.6) is 23.0 Å². The Labute approximate surface area is 222 Å². The number of rotatable bonds is 7. The Kier molecular flexibility index (Phi) is 7.58. The average Bonchev–Trinajstić information content (AvgIpc) is 2.88.